The summed E-state index contributed by atoms with van der Waals surface area (Å²) in [6.07, 6.45) is 3.53. The molecule has 0 aromatic carbocycles. The van der Waals surface area contributed by atoms with Gasteiger partial charge in [-0.2, -0.15) is 0 Å². The smallest absolute Gasteiger partial charge is 0.220 e. The molecule has 0 radical (unpaired) electrons. The summed E-state index contributed by atoms with van der Waals surface area (Å²) in [5, 5.41) is 3.30. The third-order valence-corrected chi connectivity index (χ3v) is 2.74. The first kappa shape index (κ1) is 10.1. The van der Waals surface area contributed by atoms with E-state index in [1.54, 1.807) is 19.3 Å². The van der Waals surface area contributed by atoms with Crippen molar-refractivity contribution in [3.05, 3.63) is 30.1 Å². The zero-order valence-corrected chi connectivity index (χ0v) is 8.81. The molecule has 1 atom stereocenters. The van der Waals surface area contributed by atoms with Crippen molar-refractivity contribution in [2.45, 2.75) is 13.0 Å². The van der Waals surface area contributed by atoms with Gasteiger partial charge in [-0.05, 0) is 17.7 Å². The van der Waals surface area contributed by atoms with Crippen LogP contribution in [0.2, 0.25) is 0 Å². The molecule has 4 nitrogen and oxygen atoms in total. The molecular weight excluding hydrogens is 190 g/mol. The van der Waals surface area contributed by atoms with Gasteiger partial charge in [0.05, 0.1) is 6.04 Å². The zero-order valence-electron chi connectivity index (χ0n) is 8.81. The molecule has 1 N–H and O–H groups in total. The van der Waals surface area contributed by atoms with Crippen LogP contribution in [-0.2, 0) is 4.79 Å². The normalized spacial score (nSPS) is 21.4. The molecular formula is C11H15N3O. The number of amides is 1. The van der Waals surface area contributed by atoms with E-state index in [4.69, 9.17) is 0 Å². The third kappa shape index (κ3) is 2.15. The van der Waals surface area contributed by atoms with Crippen LogP contribution in [0.1, 0.15) is 18.5 Å². The number of nitrogens with one attached hydrogen (secondary N) is 1. The Bertz CT molecular complexity index is 339. The molecule has 1 fully saturated rings. The Labute approximate surface area is 89.3 Å². The number of carbonyl (C=O) groups excluding carboxylic acids is 1. The highest BCUT2D eigenvalue weighted by atomic mass is 16.2. The first-order chi connectivity index (χ1) is 7.29. The van der Waals surface area contributed by atoms with Gasteiger partial charge in [0.15, 0.2) is 0 Å². The Morgan fingerprint density at radius 3 is 2.93 bits per heavy atom. The Morgan fingerprint density at radius 2 is 2.27 bits per heavy atom. The molecule has 1 aliphatic rings. The van der Waals surface area contributed by atoms with Gasteiger partial charge < -0.3 is 10.2 Å². The summed E-state index contributed by atoms with van der Waals surface area (Å²) in [6.45, 7) is 4.10. The molecule has 1 unspecified atom stereocenters. The molecule has 0 aliphatic carbocycles. The van der Waals surface area contributed by atoms with E-state index in [2.05, 4.69) is 10.3 Å². The van der Waals surface area contributed by atoms with Crippen LogP contribution < -0.4 is 5.32 Å². The van der Waals surface area contributed by atoms with Crippen LogP contribution in [0.4, 0.5) is 0 Å². The highest BCUT2D eigenvalue weighted by molar-refractivity contribution is 5.74. The van der Waals surface area contributed by atoms with E-state index in [0.29, 0.717) is 0 Å². The van der Waals surface area contributed by atoms with Gasteiger partial charge in [-0.15, -0.1) is 0 Å². The Hall–Kier alpha value is -1.42. The van der Waals surface area contributed by atoms with Crippen molar-refractivity contribution < 1.29 is 4.79 Å². The molecule has 1 amide bonds. The minimum atomic E-state index is 0.137. The summed E-state index contributed by atoms with van der Waals surface area (Å²) in [5.41, 5.74) is 1.15. The number of pyridine rings is 1. The summed E-state index contributed by atoms with van der Waals surface area (Å²) in [4.78, 5) is 17.4. The second kappa shape index (κ2) is 4.40. The van der Waals surface area contributed by atoms with Crippen LogP contribution in [0.3, 0.4) is 0 Å². The maximum Gasteiger partial charge on any atom is 0.220 e. The monoisotopic (exact) mass is 205 g/mol. The van der Waals surface area contributed by atoms with Crippen LogP contribution in [0.15, 0.2) is 24.5 Å². The lowest BCUT2D eigenvalue weighted by atomic mass is 10.0. The fourth-order valence-corrected chi connectivity index (χ4v) is 1.96. The lowest BCUT2D eigenvalue weighted by Gasteiger charge is -2.35. The molecule has 4 heteroatoms. The lowest BCUT2D eigenvalue weighted by molar-refractivity contribution is -0.132. The second-order valence-electron chi connectivity index (χ2n) is 3.71. The highest BCUT2D eigenvalue weighted by Gasteiger charge is 2.25. The van der Waals surface area contributed by atoms with Crippen LogP contribution in [-0.4, -0.2) is 35.4 Å². The number of hydrogen-bond donors (Lipinski definition) is 1. The maximum absolute atomic E-state index is 11.5. The molecule has 1 aromatic rings. The SMILES string of the molecule is CC(=O)N1CCNCC1c1ccncc1. The molecule has 1 aliphatic heterocycles. The number of hydrogen-bond acceptors (Lipinski definition) is 3. The largest absolute Gasteiger partial charge is 0.333 e. The molecule has 0 saturated carbocycles. The quantitative estimate of drug-likeness (QED) is 0.729. The van der Waals surface area contributed by atoms with Gasteiger partial charge in [0, 0.05) is 39.0 Å². The van der Waals surface area contributed by atoms with E-state index in [1.165, 1.54) is 0 Å². The zero-order chi connectivity index (χ0) is 10.7. The summed E-state index contributed by atoms with van der Waals surface area (Å²) in [6, 6.07) is 4.08. The molecule has 2 rings (SSSR count). The Kier molecular flexibility index (Phi) is 2.97. The van der Waals surface area contributed by atoms with E-state index in [1.807, 2.05) is 17.0 Å². The molecule has 2 heterocycles. The van der Waals surface area contributed by atoms with Gasteiger partial charge >= 0.3 is 0 Å². The van der Waals surface area contributed by atoms with Gasteiger partial charge in [-0.3, -0.25) is 9.78 Å². The number of nitrogens with zero attached hydrogens (tertiary/aromatic N) is 2. The Balaban J connectivity index is 2.22. The number of aromatic nitrogens is 1. The first-order valence-corrected chi connectivity index (χ1v) is 5.17. The van der Waals surface area contributed by atoms with Crippen molar-refractivity contribution in [3.8, 4) is 0 Å². The first-order valence-electron chi connectivity index (χ1n) is 5.17. The summed E-state index contributed by atoms with van der Waals surface area (Å²) < 4.78 is 0. The average molecular weight is 205 g/mol. The number of piperazine rings is 1. The minimum absolute atomic E-state index is 0.137. The van der Waals surface area contributed by atoms with Gasteiger partial charge in [-0.25, -0.2) is 0 Å². The fraction of sp³-hybridized carbons (Fsp3) is 0.455. The second-order valence-corrected chi connectivity index (χ2v) is 3.71. The number of rotatable bonds is 1. The van der Waals surface area contributed by atoms with Crippen LogP contribution in [0.5, 0.6) is 0 Å². The summed E-state index contributed by atoms with van der Waals surface area (Å²) in [7, 11) is 0. The molecule has 0 bridgehead atoms. The molecule has 80 valence electrons. The van der Waals surface area contributed by atoms with Crippen molar-refractivity contribution >= 4 is 5.91 Å². The predicted molar refractivity (Wildman–Crippen MR) is 57.2 cm³/mol. The summed E-state index contributed by atoms with van der Waals surface area (Å²) >= 11 is 0. The van der Waals surface area contributed by atoms with Gasteiger partial charge in [0.25, 0.3) is 0 Å². The Morgan fingerprint density at radius 1 is 1.53 bits per heavy atom. The predicted octanol–water partition coefficient (Wildman–Crippen LogP) is 0.574. The van der Waals surface area contributed by atoms with Gasteiger partial charge in [0.1, 0.15) is 0 Å². The minimum Gasteiger partial charge on any atom is -0.333 e. The maximum atomic E-state index is 11.5. The van der Waals surface area contributed by atoms with Crippen molar-refractivity contribution in [2.24, 2.45) is 0 Å². The lowest BCUT2D eigenvalue weighted by Crippen LogP contribution is -2.47. The average Bonchev–Trinajstić information content (AvgIpc) is 2.30. The van der Waals surface area contributed by atoms with Crippen molar-refractivity contribution in [3.63, 3.8) is 0 Å². The molecule has 0 spiro atoms. The van der Waals surface area contributed by atoms with E-state index in [-0.39, 0.29) is 11.9 Å². The van der Waals surface area contributed by atoms with E-state index >= 15 is 0 Å². The van der Waals surface area contributed by atoms with Gasteiger partial charge in [-0.1, -0.05) is 0 Å². The standard InChI is InChI=1S/C11H15N3O/c1-9(15)14-7-6-13-8-11(14)10-2-4-12-5-3-10/h2-5,11,13H,6-8H2,1H3. The fourth-order valence-electron chi connectivity index (χ4n) is 1.96. The van der Waals surface area contributed by atoms with Crippen LogP contribution >= 0.6 is 0 Å². The van der Waals surface area contributed by atoms with Crippen molar-refractivity contribution in [1.29, 1.82) is 0 Å². The molecule has 1 saturated heterocycles. The topological polar surface area (TPSA) is 45.2 Å². The highest BCUT2D eigenvalue weighted by Crippen LogP contribution is 2.21. The number of carbonyl (C=O) groups is 1. The van der Waals surface area contributed by atoms with Crippen LogP contribution in [0, 0.1) is 0 Å². The van der Waals surface area contributed by atoms with Crippen LogP contribution in [0.25, 0.3) is 0 Å². The van der Waals surface area contributed by atoms with Gasteiger partial charge in [0.2, 0.25) is 5.91 Å². The van der Waals surface area contributed by atoms with E-state index in [9.17, 15) is 4.79 Å². The third-order valence-electron chi connectivity index (χ3n) is 2.74. The van der Waals surface area contributed by atoms with E-state index < -0.39 is 0 Å². The summed E-state index contributed by atoms with van der Waals surface area (Å²) in [5.74, 6) is 0.137. The van der Waals surface area contributed by atoms with Crippen molar-refractivity contribution in [1.82, 2.24) is 15.2 Å². The molecule has 1 aromatic heterocycles. The van der Waals surface area contributed by atoms with Crippen molar-refractivity contribution in [2.75, 3.05) is 19.6 Å². The van der Waals surface area contributed by atoms with E-state index in [0.717, 1.165) is 25.2 Å². The molecule has 15 heavy (non-hydrogen) atoms.